The van der Waals surface area contributed by atoms with Gasteiger partial charge in [0.1, 0.15) is 12.6 Å². The van der Waals surface area contributed by atoms with E-state index in [-0.39, 0.29) is 17.7 Å². The van der Waals surface area contributed by atoms with E-state index in [1.807, 2.05) is 0 Å². The van der Waals surface area contributed by atoms with Crippen molar-refractivity contribution in [1.82, 2.24) is 5.32 Å². The number of halogens is 5. The topological polar surface area (TPSA) is 125 Å². The molecule has 1 aromatic rings. The summed E-state index contributed by atoms with van der Waals surface area (Å²) < 4.78 is 48.2. The molecule has 0 saturated heterocycles. The lowest BCUT2D eigenvalue weighted by atomic mass is 10.0. The fourth-order valence-electron chi connectivity index (χ4n) is 4.71. The van der Waals surface area contributed by atoms with Gasteiger partial charge in [-0.2, -0.15) is 13.2 Å². The first-order valence-corrected chi connectivity index (χ1v) is 16.5. The van der Waals surface area contributed by atoms with Crippen molar-refractivity contribution in [3.63, 3.8) is 0 Å². The van der Waals surface area contributed by atoms with Gasteiger partial charge in [-0.15, -0.1) is 0 Å². The van der Waals surface area contributed by atoms with Crippen LogP contribution in [-0.2, 0) is 23.9 Å². The maximum absolute atomic E-state index is 12.8. The number of alkyl halides is 5. The Hall–Kier alpha value is -2.60. The van der Waals surface area contributed by atoms with Crippen molar-refractivity contribution in [3.05, 3.63) is 39.9 Å². The van der Waals surface area contributed by atoms with Gasteiger partial charge in [0.2, 0.25) is 0 Å². The summed E-state index contributed by atoms with van der Waals surface area (Å²) in [5.74, 6) is -4.29. The van der Waals surface area contributed by atoms with E-state index in [1.54, 1.807) is 0 Å². The molecular formula is C31H45Cl2F3N2O7. The summed E-state index contributed by atoms with van der Waals surface area (Å²) in [5, 5.41) is 13.3. The van der Waals surface area contributed by atoms with Crippen LogP contribution in [0.3, 0.4) is 0 Å². The standard InChI is InChI=1S/C31H45Cl2F3N2O7/c1-2-3-4-5-6-7-8-9-10-11-12-13-14-15-16-17-26(39)45-27(23-18-20-24(21-19-23)38(42)43)25(37-29(40)28(32)33)22-44-30(41)31(34,35)36/h18-21,25,27-28H,2-17,22H2,1H3,(H,37,40)/t25-,27-/m1/s1. The largest absolute Gasteiger partial charge is 0.490 e. The molecule has 0 heterocycles. The third-order valence-electron chi connectivity index (χ3n) is 7.19. The molecule has 2 atom stereocenters. The van der Waals surface area contributed by atoms with Crippen molar-refractivity contribution in [3.8, 4) is 0 Å². The lowest BCUT2D eigenvalue weighted by Gasteiger charge is -2.28. The number of unbranched alkanes of at least 4 members (excludes halogenated alkanes) is 14. The highest BCUT2D eigenvalue weighted by Crippen LogP contribution is 2.27. The quantitative estimate of drug-likeness (QED) is 0.0379. The van der Waals surface area contributed by atoms with Crippen LogP contribution in [0.5, 0.6) is 0 Å². The number of nitrogens with one attached hydrogen (secondary N) is 1. The summed E-state index contributed by atoms with van der Waals surface area (Å²) in [6, 6.07) is 3.07. The van der Waals surface area contributed by atoms with Crippen LogP contribution < -0.4 is 5.32 Å². The van der Waals surface area contributed by atoms with Crippen LogP contribution in [0.4, 0.5) is 18.9 Å². The van der Waals surface area contributed by atoms with E-state index in [2.05, 4.69) is 17.0 Å². The Bertz CT molecular complexity index is 1030. The molecule has 0 fully saturated rings. The maximum Gasteiger partial charge on any atom is 0.490 e. The first-order chi connectivity index (χ1) is 21.4. The molecule has 45 heavy (non-hydrogen) atoms. The van der Waals surface area contributed by atoms with Crippen LogP contribution in [0, 0.1) is 10.1 Å². The lowest BCUT2D eigenvalue weighted by molar-refractivity contribution is -0.384. The second-order valence-corrected chi connectivity index (χ2v) is 12.1. The number of ether oxygens (including phenoxy) is 2. The first-order valence-electron chi connectivity index (χ1n) is 15.6. The third kappa shape index (κ3) is 18.2. The summed E-state index contributed by atoms with van der Waals surface area (Å²) in [7, 11) is 0. The minimum atomic E-state index is -5.32. The van der Waals surface area contributed by atoms with E-state index in [4.69, 9.17) is 27.9 Å². The predicted octanol–water partition coefficient (Wildman–Crippen LogP) is 8.83. The maximum atomic E-state index is 12.8. The first kappa shape index (κ1) is 40.4. The number of carbonyl (C=O) groups excluding carboxylic acids is 3. The van der Waals surface area contributed by atoms with E-state index in [0.717, 1.165) is 37.8 Å². The Morgan fingerprint density at radius 1 is 0.844 bits per heavy atom. The van der Waals surface area contributed by atoms with E-state index >= 15 is 0 Å². The fourth-order valence-corrected chi connectivity index (χ4v) is 4.83. The predicted molar refractivity (Wildman–Crippen MR) is 166 cm³/mol. The number of nitro benzene ring substituents is 1. The number of nitrogens with zero attached hydrogens (tertiary/aromatic N) is 1. The number of non-ortho nitro benzene ring substituents is 1. The summed E-state index contributed by atoms with van der Waals surface area (Å²) in [4.78, 5) is 45.1. The highest BCUT2D eigenvalue weighted by atomic mass is 35.5. The average Bonchev–Trinajstić information content (AvgIpc) is 2.99. The lowest BCUT2D eigenvalue weighted by Crippen LogP contribution is -2.47. The summed E-state index contributed by atoms with van der Waals surface area (Å²) in [5.41, 5.74) is -0.202. The summed E-state index contributed by atoms with van der Waals surface area (Å²) in [6.45, 7) is 1.16. The SMILES string of the molecule is CCCCCCCCCCCCCCCCCC(=O)O[C@H](c1ccc([N+](=O)[O-])cc1)[C@@H](COC(=O)C(F)(F)F)NC(=O)C(Cl)Cl. The van der Waals surface area contributed by atoms with Crippen LogP contribution in [0.2, 0.25) is 0 Å². The van der Waals surface area contributed by atoms with Crippen molar-refractivity contribution < 1.29 is 42.0 Å². The molecule has 1 N–H and O–H groups in total. The Labute approximate surface area is 273 Å². The molecule has 0 spiro atoms. The number of benzene rings is 1. The number of carbonyl (C=O) groups is 3. The van der Waals surface area contributed by atoms with Gasteiger partial charge < -0.3 is 14.8 Å². The molecule has 0 aliphatic heterocycles. The van der Waals surface area contributed by atoms with Crippen molar-refractivity contribution in [2.24, 2.45) is 0 Å². The fraction of sp³-hybridized carbons (Fsp3) is 0.710. The third-order valence-corrected chi connectivity index (χ3v) is 7.59. The zero-order valence-corrected chi connectivity index (χ0v) is 27.3. The van der Waals surface area contributed by atoms with Crippen LogP contribution in [0.25, 0.3) is 0 Å². The van der Waals surface area contributed by atoms with E-state index < -0.39 is 52.5 Å². The van der Waals surface area contributed by atoms with Gasteiger partial charge in [-0.3, -0.25) is 19.7 Å². The number of amides is 1. The number of nitro groups is 1. The van der Waals surface area contributed by atoms with Gasteiger partial charge in [-0.1, -0.05) is 120 Å². The summed E-state index contributed by atoms with van der Waals surface area (Å²) >= 11 is 11.2. The minimum Gasteiger partial charge on any atom is -0.457 e. The molecule has 0 aliphatic rings. The molecule has 0 bridgehead atoms. The molecule has 1 rings (SSSR count). The normalized spacial score (nSPS) is 12.9. The molecule has 0 radical (unpaired) electrons. The van der Waals surface area contributed by atoms with Crippen LogP contribution >= 0.6 is 23.2 Å². The van der Waals surface area contributed by atoms with Gasteiger partial charge in [-0.25, -0.2) is 4.79 Å². The minimum absolute atomic E-state index is 0.0155. The highest BCUT2D eigenvalue weighted by molar-refractivity contribution is 6.53. The van der Waals surface area contributed by atoms with E-state index in [9.17, 15) is 37.7 Å². The number of esters is 2. The zero-order valence-electron chi connectivity index (χ0n) is 25.8. The van der Waals surface area contributed by atoms with Gasteiger partial charge in [0.15, 0.2) is 10.9 Å². The molecule has 0 saturated carbocycles. The van der Waals surface area contributed by atoms with Gasteiger partial charge >= 0.3 is 18.1 Å². The van der Waals surface area contributed by atoms with Crippen molar-refractivity contribution in [1.29, 1.82) is 0 Å². The molecule has 256 valence electrons. The van der Waals surface area contributed by atoms with E-state index in [0.29, 0.717) is 6.42 Å². The molecule has 1 aromatic carbocycles. The van der Waals surface area contributed by atoms with Crippen molar-refractivity contribution >= 4 is 46.7 Å². The zero-order chi connectivity index (χ0) is 33.7. The number of rotatable bonds is 24. The number of hydrogen-bond acceptors (Lipinski definition) is 7. The number of hydrogen-bond donors (Lipinski definition) is 1. The Kier molecular flexibility index (Phi) is 20.5. The highest BCUT2D eigenvalue weighted by Gasteiger charge is 2.42. The Morgan fingerprint density at radius 2 is 1.31 bits per heavy atom. The van der Waals surface area contributed by atoms with Crippen molar-refractivity contribution in [2.45, 2.75) is 133 Å². The summed E-state index contributed by atoms with van der Waals surface area (Å²) in [6.07, 6.45) is 10.3. The van der Waals surface area contributed by atoms with Crippen LogP contribution in [-0.4, -0.2) is 46.4 Å². The second kappa shape index (κ2) is 22.8. The van der Waals surface area contributed by atoms with Gasteiger partial charge in [-0.05, 0) is 24.1 Å². The van der Waals surface area contributed by atoms with Gasteiger partial charge in [0.25, 0.3) is 11.6 Å². The average molecular weight is 686 g/mol. The van der Waals surface area contributed by atoms with Crippen LogP contribution in [0.15, 0.2) is 24.3 Å². The van der Waals surface area contributed by atoms with E-state index in [1.165, 1.54) is 76.3 Å². The van der Waals surface area contributed by atoms with Crippen molar-refractivity contribution in [2.75, 3.05) is 6.61 Å². The van der Waals surface area contributed by atoms with Gasteiger partial charge in [0.05, 0.1) is 4.92 Å². The molecule has 0 unspecified atom stereocenters. The Balaban J connectivity index is 2.66. The Morgan fingerprint density at radius 3 is 1.73 bits per heavy atom. The smallest absolute Gasteiger partial charge is 0.457 e. The molecule has 0 aliphatic carbocycles. The molecule has 9 nitrogen and oxygen atoms in total. The molecule has 0 aromatic heterocycles. The van der Waals surface area contributed by atoms with Gasteiger partial charge in [0, 0.05) is 18.6 Å². The molecule has 14 heteroatoms. The molecule has 1 amide bonds. The monoisotopic (exact) mass is 684 g/mol. The molecular weight excluding hydrogens is 640 g/mol. The second-order valence-electron chi connectivity index (χ2n) is 11.0. The van der Waals surface area contributed by atoms with Crippen LogP contribution in [0.1, 0.15) is 121 Å².